The number of fused-ring (bicyclic) bond motifs is 2. The van der Waals surface area contributed by atoms with Crippen LogP contribution in [0, 0.1) is 5.92 Å². The molecule has 0 saturated heterocycles. The highest BCUT2D eigenvalue weighted by Crippen LogP contribution is 2.32. The van der Waals surface area contributed by atoms with E-state index in [1.807, 2.05) is 30.5 Å². The summed E-state index contributed by atoms with van der Waals surface area (Å²) in [5, 5.41) is 7.74. The van der Waals surface area contributed by atoms with Gasteiger partial charge < -0.3 is 15.7 Å². The number of hydrogen-bond donors (Lipinski definition) is 3. The van der Waals surface area contributed by atoms with Gasteiger partial charge >= 0.3 is 0 Å². The van der Waals surface area contributed by atoms with Crippen LogP contribution in [-0.2, 0) is 4.79 Å². The van der Waals surface area contributed by atoms with Crippen molar-refractivity contribution in [1.29, 1.82) is 0 Å². The molecule has 7 rings (SSSR count). The highest BCUT2D eigenvalue weighted by Gasteiger charge is 2.30. The van der Waals surface area contributed by atoms with E-state index < -0.39 is 0 Å². The van der Waals surface area contributed by atoms with Crippen LogP contribution in [0.1, 0.15) is 49.9 Å². The third kappa shape index (κ3) is 4.50. The van der Waals surface area contributed by atoms with Gasteiger partial charge in [0, 0.05) is 41.2 Å². The molecule has 2 aliphatic carbocycles. The molecular formula is C30H28N8O. The Morgan fingerprint density at radius 3 is 2.79 bits per heavy atom. The van der Waals surface area contributed by atoms with Crippen LogP contribution in [0.4, 0.5) is 5.69 Å². The Bertz CT molecular complexity index is 1650. The number of anilines is 1. The molecule has 1 unspecified atom stereocenters. The van der Waals surface area contributed by atoms with Gasteiger partial charge in [-0.05, 0) is 49.1 Å². The SMILES string of the molecule is O=C(Nc1cncc(C2=CCC3NN=C(c4nc5c(-c6ccccn6)cncc5[nH]4)C3=C2)c1)C1CCCCC1. The molecule has 4 aromatic rings. The van der Waals surface area contributed by atoms with Crippen LogP contribution in [0.2, 0.25) is 0 Å². The molecule has 0 aromatic carbocycles. The van der Waals surface area contributed by atoms with E-state index in [1.165, 1.54) is 6.42 Å². The topological polar surface area (TPSA) is 121 Å². The number of aromatic amines is 1. The first-order chi connectivity index (χ1) is 19.2. The number of H-pyrrole nitrogens is 1. The predicted octanol–water partition coefficient (Wildman–Crippen LogP) is 5.02. The van der Waals surface area contributed by atoms with Crippen molar-refractivity contribution >= 4 is 33.9 Å². The van der Waals surface area contributed by atoms with E-state index in [1.54, 1.807) is 24.8 Å². The van der Waals surface area contributed by atoms with Gasteiger partial charge in [0.25, 0.3) is 0 Å². The lowest BCUT2D eigenvalue weighted by molar-refractivity contribution is -0.120. The predicted molar refractivity (Wildman–Crippen MR) is 151 cm³/mol. The van der Waals surface area contributed by atoms with Gasteiger partial charge in [-0.15, -0.1) is 0 Å². The first-order valence-corrected chi connectivity index (χ1v) is 13.5. The summed E-state index contributed by atoms with van der Waals surface area (Å²) < 4.78 is 0. The van der Waals surface area contributed by atoms with E-state index in [9.17, 15) is 4.79 Å². The fraction of sp³-hybridized carbons (Fsp3) is 0.267. The third-order valence-corrected chi connectivity index (χ3v) is 7.74. The minimum Gasteiger partial charge on any atom is -0.335 e. The molecule has 39 heavy (non-hydrogen) atoms. The Hall–Kier alpha value is -4.66. The largest absolute Gasteiger partial charge is 0.335 e. The standard InChI is InChI=1S/C30H28N8O/c39-30(18-6-2-1-3-7-18)34-21-12-20(14-31-15-21)19-9-10-25-22(13-19)28(38-37-25)29-35-26-17-32-16-23(27(26)36-29)24-8-4-5-11-33-24/h4-5,8-9,11-18,25,37H,1-3,6-7,10H2,(H,34,39)(H,35,36). The van der Waals surface area contributed by atoms with Crippen LogP contribution in [0.3, 0.4) is 0 Å². The van der Waals surface area contributed by atoms with E-state index in [-0.39, 0.29) is 17.9 Å². The number of nitrogens with zero attached hydrogens (tertiary/aromatic N) is 5. The number of rotatable bonds is 5. The number of aromatic nitrogens is 5. The zero-order valence-electron chi connectivity index (χ0n) is 21.4. The lowest BCUT2D eigenvalue weighted by Crippen LogP contribution is -2.25. The molecule has 194 valence electrons. The number of amides is 1. The van der Waals surface area contributed by atoms with Crippen LogP contribution in [-0.4, -0.2) is 42.6 Å². The highest BCUT2D eigenvalue weighted by atomic mass is 16.1. The zero-order valence-corrected chi connectivity index (χ0v) is 21.4. The second-order valence-electron chi connectivity index (χ2n) is 10.3. The molecule has 0 spiro atoms. The maximum absolute atomic E-state index is 12.8. The molecular weight excluding hydrogens is 488 g/mol. The fourth-order valence-electron chi connectivity index (χ4n) is 5.68. The molecule has 5 heterocycles. The molecule has 0 bridgehead atoms. The number of allylic oxidation sites excluding steroid dienone is 2. The molecule has 3 aliphatic rings. The summed E-state index contributed by atoms with van der Waals surface area (Å²) in [6, 6.07) is 7.88. The van der Waals surface area contributed by atoms with Crippen molar-refractivity contribution in [3.63, 3.8) is 0 Å². The maximum Gasteiger partial charge on any atom is 0.227 e. The average molecular weight is 517 g/mol. The second kappa shape index (κ2) is 9.90. The van der Waals surface area contributed by atoms with Crippen molar-refractivity contribution in [3.8, 4) is 11.3 Å². The lowest BCUT2D eigenvalue weighted by atomic mass is 9.88. The number of imidazole rings is 1. The summed E-state index contributed by atoms with van der Waals surface area (Å²) in [5.41, 5.74) is 11.2. The summed E-state index contributed by atoms with van der Waals surface area (Å²) >= 11 is 0. The van der Waals surface area contributed by atoms with Crippen molar-refractivity contribution in [2.75, 3.05) is 5.32 Å². The number of pyridine rings is 3. The lowest BCUT2D eigenvalue weighted by Gasteiger charge is -2.21. The number of carbonyl (C=O) groups is 1. The Kier molecular flexibility index (Phi) is 5.96. The van der Waals surface area contributed by atoms with Crippen LogP contribution < -0.4 is 10.7 Å². The molecule has 1 amide bonds. The van der Waals surface area contributed by atoms with E-state index in [0.717, 1.165) is 82.5 Å². The number of nitrogens with one attached hydrogen (secondary N) is 3. The van der Waals surface area contributed by atoms with Crippen molar-refractivity contribution in [2.24, 2.45) is 11.0 Å². The minimum absolute atomic E-state index is 0.0764. The molecule has 3 N–H and O–H groups in total. The van der Waals surface area contributed by atoms with Crippen LogP contribution in [0.15, 0.2) is 78.1 Å². The van der Waals surface area contributed by atoms with Crippen LogP contribution >= 0.6 is 0 Å². The molecule has 1 fully saturated rings. The molecule has 1 aliphatic heterocycles. The quantitative estimate of drug-likeness (QED) is 0.342. The smallest absolute Gasteiger partial charge is 0.227 e. The van der Waals surface area contributed by atoms with Gasteiger partial charge in [0.2, 0.25) is 5.91 Å². The average Bonchev–Trinajstić information content (AvgIpc) is 3.62. The second-order valence-corrected chi connectivity index (χ2v) is 10.3. The van der Waals surface area contributed by atoms with E-state index >= 15 is 0 Å². The summed E-state index contributed by atoms with van der Waals surface area (Å²) in [7, 11) is 0. The fourth-order valence-corrected chi connectivity index (χ4v) is 5.68. The number of hydrazone groups is 1. The Morgan fingerprint density at radius 1 is 1.03 bits per heavy atom. The Balaban J connectivity index is 1.16. The molecule has 0 radical (unpaired) electrons. The summed E-state index contributed by atoms with van der Waals surface area (Å²) in [6.07, 6.45) is 19.4. The van der Waals surface area contributed by atoms with Gasteiger partial charge in [-0.25, -0.2) is 4.98 Å². The Morgan fingerprint density at radius 2 is 1.92 bits per heavy atom. The van der Waals surface area contributed by atoms with Gasteiger partial charge in [-0.2, -0.15) is 5.10 Å². The van der Waals surface area contributed by atoms with E-state index in [0.29, 0.717) is 5.82 Å². The first-order valence-electron chi connectivity index (χ1n) is 13.5. The monoisotopic (exact) mass is 516 g/mol. The number of hydrogen-bond acceptors (Lipinski definition) is 7. The summed E-state index contributed by atoms with van der Waals surface area (Å²) in [4.78, 5) is 34.4. The van der Waals surface area contributed by atoms with Crippen LogP contribution in [0.25, 0.3) is 27.9 Å². The molecule has 1 saturated carbocycles. The molecule has 4 aromatic heterocycles. The summed E-state index contributed by atoms with van der Waals surface area (Å²) in [5.74, 6) is 0.882. The highest BCUT2D eigenvalue weighted by molar-refractivity contribution is 6.15. The van der Waals surface area contributed by atoms with Gasteiger partial charge in [-0.3, -0.25) is 19.7 Å². The van der Waals surface area contributed by atoms with Crippen molar-refractivity contribution in [2.45, 2.75) is 44.6 Å². The first kappa shape index (κ1) is 23.5. The third-order valence-electron chi connectivity index (χ3n) is 7.74. The van der Waals surface area contributed by atoms with Gasteiger partial charge in [0.1, 0.15) is 11.2 Å². The molecule has 9 heteroatoms. The number of carbonyl (C=O) groups excluding carboxylic acids is 1. The normalized spacial score (nSPS) is 19.1. The maximum atomic E-state index is 12.8. The van der Waals surface area contributed by atoms with Crippen LogP contribution in [0.5, 0.6) is 0 Å². The van der Waals surface area contributed by atoms with Crippen molar-refractivity contribution in [1.82, 2.24) is 30.3 Å². The Labute approximate surface area is 225 Å². The van der Waals surface area contributed by atoms with Gasteiger partial charge in [-0.1, -0.05) is 31.4 Å². The van der Waals surface area contributed by atoms with Crippen molar-refractivity contribution < 1.29 is 4.79 Å². The molecule has 1 atom stereocenters. The van der Waals surface area contributed by atoms with Gasteiger partial charge in [0.15, 0.2) is 5.82 Å². The summed E-state index contributed by atoms with van der Waals surface area (Å²) in [6.45, 7) is 0. The van der Waals surface area contributed by atoms with Gasteiger partial charge in [0.05, 0.1) is 35.3 Å². The van der Waals surface area contributed by atoms with E-state index in [2.05, 4.69) is 47.9 Å². The zero-order chi connectivity index (χ0) is 26.2. The van der Waals surface area contributed by atoms with E-state index in [4.69, 9.17) is 4.98 Å². The molecule has 9 nitrogen and oxygen atoms in total. The van der Waals surface area contributed by atoms with Crippen molar-refractivity contribution in [3.05, 3.63) is 84.4 Å². The minimum atomic E-state index is 0.0764.